The van der Waals surface area contributed by atoms with Gasteiger partial charge in [0.25, 0.3) is 0 Å². The maximum Gasteiger partial charge on any atom is 0.0462 e. The molecule has 11 aromatic rings. The Morgan fingerprint density at radius 3 is 0.614 bits per heavy atom. The molecular weight excluding hydrogens is 1060 g/mol. The molecule has 0 amide bonds. The van der Waals surface area contributed by atoms with E-state index in [2.05, 4.69) is 369 Å². The lowest BCUT2D eigenvalue weighted by Crippen LogP contribution is -2.15. The quantitative estimate of drug-likeness (QED) is 0.0795. The third-order valence-electron chi connectivity index (χ3n) is 15.2. The monoisotopic (exact) mass is 1130 g/mol. The smallest absolute Gasteiger partial charge is 0.0462 e. The first-order chi connectivity index (χ1) is 43.0. The SMILES string of the molecule is C=C/C(=C\C=C\C)N(c1ccc(C)cc1)c1ccc(C#Cc2ccc(N(c3ccc(C#Cc4ccc(N(c5ccc(C)cc5)c5ccc(C)cc5)cc4)cc3)c3ccc(C#Cc4ccc(N(c5ccc(C)cc5)c5ccc(C)cc5)cc4)cc3)cc2)cc1. The third kappa shape index (κ3) is 14.4. The van der Waals surface area contributed by atoms with Crippen molar-refractivity contribution in [2.24, 2.45) is 0 Å². The molecule has 0 heterocycles. The van der Waals surface area contributed by atoms with Crippen LogP contribution in [0.4, 0.5) is 62.6 Å². The van der Waals surface area contributed by atoms with Crippen molar-refractivity contribution < 1.29 is 0 Å². The zero-order valence-electron chi connectivity index (χ0n) is 50.7. The maximum atomic E-state index is 4.14. The van der Waals surface area contributed by atoms with E-state index < -0.39 is 0 Å². The molecule has 0 fully saturated rings. The van der Waals surface area contributed by atoms with Crippen molar-refractivity contribution in [2.75, 3.05) is 19.6 Å². The Hall–Kier alpha value is -11.5. The molecule has 11 aromatic carbocycles. The van der Waals surface area contributed by atoms with Crippen LogP contribution in [0.15, 0.2) is 304 Å². The minimum atomic E-state index is 0.908. The Bertz CT molecular complexity index is 4140. The standard InChI is InChI=1S/C84H68N4/c1-8-10-11-73(9-2)85(74-40-12-62(3)13-41-74)79-50-28-67(29-51-79)22-23-70-34-56-82(57-35-70)88(83-58-36-71(37-59-83)26-24-68-30-52-80(53-31-68)86(75-42-14-63(4)15-43-75)76-44-16-64(5)17-45-76)84-60-38-72(39-61-84)27-25-69-32-54-81(55-33-69)87(77-46-18-65(6)19-47-77)78-48-20-66(7)21-49-78/h8-21,28-61H,2H2,1,3-7H3/b10-8+,73-11+. The molecule has 4 heteroatoms. The van der Waals surface area contributed by atoms with Crippen LogP contribution in [-0.2, 0) is 0 Å². The lowest BCUT2D eigenvalue weighted by atomic mass is 10.1. The normalized spacial score (nSPS) is 10.9. The summed E-state index contributed by atoms with van der Waals surface area (Å²) in [6, 6.07) is 93.8. The van der Waals surface area contributed by atoms with Crippen molar-refractivity contribution in [3.63, 3.8) is 0 Å². The summed E-state index contributed by atoms with van der Waals surface area (Å²) in [7, 11) is 0. The van der Waals surface area contributed by atoms with E-state index in [0.717, 1.165) is 102 Å². The molecular formula is C84H68N4. The van der Waals surface area contributed by atoms with E-state index in [-0.39, 0.29) is 0 Å². The minimum Gasteiger partial charge on any atom is -0.311 e. The van der Waals surface area contributed by atoms with Crippen LogP contribution >= 0.6 is 0 Å². The van der Waals surface area contributed by atoms with E-state index in [0.29, 0.717) is 0 Å². The second kappa shape index (κ2) is 27.5. The summed E-state index contributed by atoms with van der Waals surface area (Å²) < 4.78 is 0. The van der Waals surface area contributed by atoms with E-state index in [1.54, 1.807) is 0 Å². The fraction of sp³-hybridized carbons (Fsp3) is 0.0714. The Morgan fingerprint density at radius 1 is 0.261 bits per heavy atom. The van der Waals surface area contributed by atoms with Gasteiger partial charge in [0.15, 0.2) is 0 Å². The lowest BCUT2D eigenvalue weighted by Gasteiger charge is -2.26. The molecule has 0 N–H and O–H groups in total. The molecule has 0 unspecified atom stereocenters. The van der Waals surface area contributed by atoms with Crippen LogP contribution in [0.3, 0.4) is 0 Å². The molecule has 0 bridgehead atoms. The highest BCUT2D eigenvalue weighted by Gasteiger charge is 2.17. The maximum absolute atomic E-state index is 4.14. The van der Waals surface area contributed by atoms with Gasteiger partial charge in [-0.2, -0.15) is 0 Å². The van der Waals surface area contributed by atoms with Crippen molar-refractivity contribution in [1.82, 2.24) is 0 Å². The number of allylic oxidation sites excluding steroid dienone is 4. The van der Waals surface area contributed by atoms with E-state index in [1.165, 1.54) is 27.8 Å². The number of hydrogen-bond donors (Lipinski definition) is 0. The molecule has 0 aliphatic heterocycles. The van der Waals surface area contributed by atoms with Gasteiger partial charge >= 0.3 is 0 Å². The van der Waals surface area contributed by atoms with E-state index in [4.69, 9.17) is 0 Å². The first kappa shape index (κ1) is 58.3. The highest BCUT2D eigenvalue weighted by molar-refractivity contribution is 5.80. The second-order valence-electron chi connectivity index (χ2n) is 21.9. The van der Waals surface area contributed by atoms with Crippen LogP contribution < -0.4 is 19.6 Å². The zero-order chi connectivity index (χ0) is 60.8. The van der Waals surface area contributed by atoms with E-state index in [1.807, 2.05) is 25.2 Å². The van der Waals surface area contributed by atoms with Crippen molar-refractivity contribution in [1.29, 1.82) is 0 Å². The van der Waals surface area contributed by atoms with Gasteiger partial charge in [-0.25, -0.2) is 0 Å². The highest BCUT2D eigenvalue weighted by atomic mass is 15.2. The summed E-state index contributed by atoms with van der Waals surface area (Å²) in [5.74, 6) is 20.6. The van der Waals surface area contributed by atoms with Crippen LogP contribution in [0.1, 0.15) is 68.1 Å². The molecule has 424 valence electrons. The Kier molecular flexibility index (Phi) is 18.2. The van der Waals surface area contributed by atoms with E-state index in [9.17, 15) is 0 Å². The summed E-state index contributed by atoms with van der Waals surface area (Å²) >= 11 is 0. The second-order valence-corrected chi connectivity index (χ2v) is 21.9. The largest absolute Gasteiger partial charge is 0.311 e. The number of rotatable bonds is 14. The molecule has 88 heavy (non-hydrogen) atoms. The summed E-state index contributed by atoms with van der Waals surface area (Å²) in [5, 5.41) is 0. The topological polar surface area (TPSA) is 13.0 Å². The van der Waals surface area contributed by atoms with Gasteiger partial charge in [-0.15, -0.1) is 0 Å². The predicted octanol–water partition coefficient (Wildman–Crippen LogP) is 21.6. The number of nitrogens with zero attached hydrogens (tertiary/aromatic N) is 4. The first-order valence-corrected chi connectivity index (χ1v) is 29.7. The number of anilines is 11. The zero-order valence-corrected chi connectivity index (χ0v) is 50.7. The van der Waals surface area contributed by atoms with Crippen LogP contribution in [0.25, 0.3) is 0 Å². The molecule has 0 atom stereocenters. The van der Waals surface area contributed by atoms with Gasteiger partial charge in [-0.1, -0.05) is 143 Å². The number of benzene rings is 11. The fourth-order valence-corrected chi connectivity index (χ4v) is 10.3. The summed E-state index contributed by atoms with van der Waals surface area (Å²) in [6.07, 6.45) is 8.01. The van der Waals surface area contributed by atoms with Gasteiger partial charge in [-0.3, -0.25) is 0 Å². The van der Waals surface area contributed by atoms with Crippen LogP contribution in [-0.4, -0.2) is 0 Å². The molecule has 4 nitrogen and oxygen atoms in total. The summed E-state index contributed by atoms with van der Waals surface area (Å²) in [4.78, 5) is 9.02. The van der Waals surface area contributed by atoms with E-state index >= 15 is 0 Å². The Morgan fingerprint density at radius 2 is 0.432 bits per heavy atom. The molecule has 0 aliphatic carbocycles. The van der Waals surface area contributed by atoms with Crippen LogP contribution in [0, 0.1) is 70.1 Å². The average molecular weight is 1130 g/mol. The molecule has 0 aliphatic rings. The first-order valence-electron chi connectivity index (χ1n) is 29.7. The number of aryl methyl sites for hydroxylation is 5. The Labute approximate surface area is 521 Å². The molecule has 0 spiro atoms. The van der Waals surface area contributed by atoms with Crippen molar-refractivity contribution in [2.45, 2.75) is 41.5 Å². The third-order valence-corrected chi connectivity index (χ3v) is 15.2. The fourth-order valence-electron chi connectivity index (χ4n) is 10.3. The van der Waals surface area contributed by atoms with Crippen LogP contribution in [0.5, 0.6) is 0 Å². The minimum absolute atomic E-state index is 0.908. The Balaban J connectivity index is 0.854. The van der Waals surface area contributed by atoms with Crippen molar-refractivity contribution in [3.8, 4) is 35.5 Å². The molecule has 11 rings (SSSR count). The molecule has 0 saturated heterocycles. The summed E-state index contributed by atoms with van der Waals surface area (Å²) in [5.41, 5.74) is 24.2. The van der Waals surface area contributed by atoms with Gasteiger partial charge in [0.1, 0.15) is 0 Å². The summed E-state index contributed by atoms with van der Waals surface area (Å²) in [6.45, 7) is 16.7. The van der Waals surface area contributed by atoms with Crippen LogP contribution in [0.2, 0.25) is 0 Å². The van der Waals surface area contributed by atoms with Crippen molar-refractivity contribution >= 4 is 62.6 Å². The van der Waals surface area contributed by atoms with Gasteiger partial charge < -0.3 is 19.6 Å². The highest BCUT2D eigenvalue weighted by Crippen LogP contribution is 2.39. The van der Waals surface area contributed by atoms with Gasteiger partial charge in [0.2, 0.25) is 0 Å². The van der Waals surface area contributed by atoms with Gasteiger partial charge in [-0.05, 0) is 260 Å². The lowest BCUT2D eigenvalue weighted by molar-refractivity contribution is 1.20. The van der Waals surface area contributed by atoms with Gasteiger partial charge in [0.05, 0.1) is 0 Å². The number of hydrogen-bond acceptors (Lipinski definition) is 4. The van der Waals surface area contributed by atoms with Gasteiger partial charge in [0, 0.05) is 102 Å². The van der Waals surface area contributed by atoms with Crippen molar-refractivity contribution in [3.05, 3.63) is 365 Å². The molecule has 0 saturated carbocycles. The average Bonchev–Trinajstić information content (AvgIpc) is 3.00. The predicted molar refractivity (Wildman–Crippen MR) is 373 cm³/mol. The molecule has 0 aromatic heterocycles. The molecule has 0 radical (unpaired) electrons.